The van der Waals surface area contributed by atoms with Gasteiger partial charge in [-0.25, -0.2) is 4.79 Å². The van der Waals surface area contributed by atoms with E-state index in [1.807, 2.05) is 19.1 Å². The monoisotopic (exact) mass is 227 g/mol. The fourth-order valence-corrected chi connectivity index (χ4v) is 2.21. The average Bonchev–Trinajstić information content (AvgIpc) is 2.81. The summed E-state index contributed by atoms with van der Waals surface area (Å²) >= 11 is 0. The number of rotatable bonds is 1. The number of hydrogen-bond acceptors (Lipinski definition) is 3. The van der Waals surface area contributed by atoms with Gasteiger partial charge in [0.05, 0.1) is 0 Å². The highest BCUT2D eigenvalue weighted by atomic mass is 16.4. The van der Waals surface area contributed by atoms with Crippen LogP contribution in [0.15, 0.2) is 39.6 Å². The quantitative estimate of drug-likeness (QED) is 0.761. The van der Waals surface area contributed by atoms with Gasteiger partial charge in [-0.1, -0.05) is 18.2 Å². The Balaban J connectivity index is 2.22. The molecule has 2 heterocycles. The van der Waals surface area contributed by atoms with Crippen molar-refractivity contribution in [2.24, 2.45) is 0 Å². The molecule has 0 atom stereocenters. The van der Waals surface area contributed by atoms with Crippen LogP contribution in [0.5, 0.6) is 0 Å². The predicted molar refractivity (Wildman–Crippen MR) is 67.8 cm³/mol. The number of nitrogens with one attached hydrogen (secondary N) is 1. The molecule has 2 aromatic rings. The average molecular weight is 227 g/mol. The second-order valence-corrected chi connectivity index (χ2v) is 4.29. The van der Waals surface area contributed by atoms with E-state index in [0.717, 1.165) is 35.2 Å². The molecule has 17 heavy (non-hydrogen) atoms. The first-order valence-electron chi connectivity index (χ1n) is 5.73. The highest BCUT2D eigenvalue weighted by molar-refractivity contribution is 5.84. The Morgan fingerprint density at radius 2 is 2.18 bits per heavy atom. The third-order valence-electron chi connectivity index (χ3n) is 3.07. The van der Waals surface area contributed by atoms with Gasteiger partial charge in [0, 0.05) is 29.3 Å². The third kappa shape index (κ3) is 1.73. The fraction of sp³-hybridized carbons (Fsp3) is 0.214. The lowest BCUT2D eigenvalue weighted by Crippen LogP contribution is -2.06. The minimum Gasteiger partial charge on any atom is -0.423 e. The third-order valence-corrected chi connectivity index (χ3v) is 3.07. The maximum absolute atomic E-state index is 11.3. The number of benzene rings is 1. The van der Waals surface area contributed by atoms with E-state index in [1.54, 1.807) is 0 Å². The van der Waals surface area contributed by atoms with Crippen molar-refractivity contribution in [3.05, 3.63) is 51.9 Å². The van der Waals surface area contributed by atoms with Gasteiger partial charge in [0.2, 0.25) is 0 Å². The molecule has 0 fully saturated rings. The Morgan fingerprint density at radius 1 is 1.29 bits per heavy atom. The highest BCUT2D eigenvalue weighted by Crippen LogP contribution is 2.23. The molecule has 1 aliphatic heterocycles. The molecule has 0 aliphatic carbocycles. The van der Waals surface area contributed by atoms with Crippen molar-refractivity contribution < 1.29 is 4.42 Å². The molecule has 0 amide bonds. The molecule has 3 nitrogen and oxygen atoms in total. The topological polar surface area (TPSA) is 42.2 Å². The molecule has 0 saturated carbocycles. The van der Waals surface area contributed by atoms with Crippen molar-refractivity contribution in [2.75, 3.05) is 6.54 Å². The second-order valence-electron chi connectivity index (χ2n) is 4.29. The van der Waals surface area contributed by atoms with Crippen molar-refractivity contribution in [3.63, 3.8) is 0 Å². The van der Waals surface area contributed by atoms with E-state index in [2.05, 4.69) is 17.5 Å². The van der Waals surface area contributed by atoms with Crippen LogP contribution in [-0.4, -0.2) is 6.54 Å². The molecule has 1 N–H and O–H groups in total. The molecular weight excluding hydrogens is 214 g/mol. The lowest BCUT2D eigenvalue weighted by Gasteiger charge is -2.06. The van der Waals surface area contributed by atoms with Crippen LogP contribution in [0.4, 0.5) is 0 Å². The van der Waals surface area contributed by atoms with Crippen LogP contribution in [0.3, 0.4) is 0 Å². The lowest BCUT2D eigenvalue weighted by atomic mass is 10.1. The first kappa shape index (κ1) is 10.1. The first-order chi connectivity index (χ1) is 8.24. The standard InChI is InChI=1S/C14H13NO2/c1-9-7-14(16)17-13-8-10(4-5-11(9)13)12-3-2-6-15-12/h3-5,7-8,15H,2,6H2,1H3. The Hall–Kier alpha value is -2.03. The van der Waals surface area contributed by atoms with Gasteiger partial charge in [-0.3, -0.25) is 0 Å². The van der Waals surface area contributed by atoms with Crippen LogP contribution >= 0.6 is 0 Å². The summed E-state index contributed by atoms with van der Waals surface area (Å²) in [5.41, 5.74) is 3.51. The zero-order valence-corrected chi connectivity index (χ0v) is 9.62. The SMILES string of the molecule is Cc1cc(=O)oc2cc(C3=CCCN3)ccc12. The minimum absolute atomic E-state index is 0.291. The zero-order chi connectivity index (χ0) is 11.8. The number of hydrogen-bond donors (Lipinski definition) is 1. The smallest absolute Gasteiger partial charge is 0.336 e. The summed E-state index contributed by atoms with van der Waals surface area (Å²) in [6, 6.07) is 7.51. The van der Waals surface area contributed by atoms with Crippen LogP contribution in [0.1, 0.15) is 17.5 Å². The van der Waals surface area contributed by atoms with E-state index in [-0.39, 0.29) is 5.63 Å². The lowest BCUT2D eigenvalue weighted by molar-refractivity contribution is 0.560. The normalized spacial score (nSPS) is 14.8. The number of fused-ring (bicyclic) bond motifs is 1. The summed E-state index contributed by atoms with van der Waals surface area (Å²) in [5.74, 6) is 0. The van der Waals surface area contributed by atoms with Gasteiger partial charge >= 0.3 is 5.63 Å². The summed E-state index contributed by atoms with van der Waals surface area (Å²) < 4.78 is 5.23. The largest absolute Gasteiger partial charge is 0.423 e. The Kier molecular flexibility index (Phi) is 2.25. The molecule has 0 spiro atoms. The summed E-state index contributed by atoms with van der Waals surface area (Å²) in [4.78, 5) is 11.3. The molecule has 3 heteroatoms. The predicted octanol–water partition coefficient (Wildman–Crippen LogP) is 2.44. The summed E-state index contributed by atoms with van der Waals surface area (Å²) in [6.07, 6.45) is 3.21. The van der Waals surface area contributed by atoms with Crippen LogP contribution in [0, 0.1) is 6.92 Å². The molecule has 0 unspecified atom stereocenters. The molecule has 86 valence electrons. The molecule has 0 bridgehead atoms. The summed E-state index contributed by atoms with van der Waals surface area (Å²) in [6.45, 7) is 2.90. The van der Waals surface area contributed by atoms with Crippen molar-refractivity contribution >= 4 is 16.7 Å². The van der Waals surface area contributed by atoms with Crippen LogP contribution in [-0.2, 0) is 0 Å². The molecule has 0 radical (unpaired) electrons. The van der Waals surface area contributed by atoms with Gasteiger partial charge in [0.15, 0.2) is 0 Å². The van der Waals surface area contributed by atoms with Gasteiger partial charge in [-0.2, -0.15) is 0 Å². The molecular formula is C14H13NO2. The highest BCUT2D eigenvalue weighted by Gasteiger charge is 2.08. The van der Waals surface area contributed by atoms with Crippen molar-refractivity contribution in [3.8, 4) is 0 Å². The molecule has 3 rings (SSSR count). The fourth-order valence-electron chi connectivity index (χ4n) is 2.21. The van der Waals surface area contributed by atoms with Crippen molar-refractivity contribution in [2.45, 2.75) is 13.3 Å². The van der Waals surface area contributed by atoms with E-state index in [0.29, 0.717) is 5.58 Å². The van der Waals surface area contributed by atoms with Crippen molar-refractivity contribution in [1.29, 1.82) is 0 Å². The van der Waals surface area contributed by atoms with E-state index >= 15 is 0 Å². The second kappa shape index (κ2) is 3.77. The Morgan fingerprint density at radius 3 is 2.94 bits per heavy atom. The van der Waals surface area contributed by atoms with Crippen LogP contribution in [0.2, 0.25) is 0 Å². The van der Waals surface area contributed by atoms with Gasteiger partial charge < -0.3 is 9.73 Å². The van der Waals surface area contributed by atoms with Gasteiger partial charge in [0.1, 0.15) is 5.58 Å². The van der Waals surface area contributed by atoms with E-state index in [1.165, 1.54) is 6.07 Å². The van der Waals surface area contributed by atoms with Gasteiger partial charge in [0.25, 0.3) is 0 Å². The Bertz CT molecular complexity index is 667. The number of aryl methyl sites for hydroxylation is 1. The van der Waals surface area contributed by atoms with Gasteiger partial charge in [-0.15, -0.1) is 0 Å². The maximum atomic E-state index is 11.3. The first-order valence-corrected chi connectivity index (χ1v) is 5.73. The minimum atomic E-state index is -0.291. The van der Waals surface area contributed by atoms with E-state index in [4.69, 9.17) is 4.42 Å². The molecule has 0 saturated heterocycles. The summed E-state index contributed by atoms with van der Waals surface area (Å²) in [5, 5.41) is 4.30. The van der Waals surface area contributed by atoms with E-state index < -0.39 is 0 Å². The van der Waals surface area contributed by atoms with Crippen LogP contribution in [0.25, 0.3) is 16.7 Å². The van der Waals surface area contributed by atoms with Gasteiger partial charge in [-0.05, 0) is 25.0 Å². The Labute approximate surface area is 98.8 Å². The van der Waals surface area contributed by atoms with Crippen molar-refractivity contribution in [1.82, 2.24) is 5.32 Å². The van der Waals surface area contributed by atoms with Crippen LogP contribution < -0.4 is 10.9 Å². The molecule has 1 aromatic carbocycles. The molecule has 1 aliphatic rings. The van der Waals surface area contributed by atoms with E-state index in [9.17, 15) is 4.79 Å². The maximum Gasteiger partial charge on any atom is 0.336 e. The zero-order valence-electron chi connectivity index (χ0n) is 9.62. The summed E-state index contributed by atoms with van der Waals surface area (Å²) in [7, 11) is 0. The molecule has 1 aromatic heterocycles.